The van der Waals surface area contributed by atoms with E-state index in [1.165, 1.54) is 0 Å². The maximum absolute atomic E-state index is 12.9. The van der Waals surface area contributed by atoms with Crippen LogP contribution in [0.2, 0.25) is 0 Å². The van der Waals surface area contributed by atoms with Crippen molar-refractivity contribution in [2.24, 2.45) is 0 Å². The van der Waals surface area contributed by atoms with Gasteiger partial charge in [-0.25, -0.2) is 0 Å². The summed E-state index contributed by atoms with van der Waals surface area (Å²) in [7, 11) is -3.83. The zero-order valence-electron chi connectivity index (χ0n) is 12.2. The molecule has 0 fully saturated rings. The molecule has 118 valence electrons. The summed E-state index contributed by atoms with van der Waals surface area (Å²) in [6, 6.07) is 15.4. The molecular weight excluding hydrogens is 313 g/mol. The van der Waals surface area contributed by atoms with Gasteiger partial charge in [0.1, 0.15) is 0 Å². The van der Waals surface area contributed by atoms with Gasteiger partial charge in [-0.2, -0.15) is 0 Å². The van der Waals surface area contributed by atoms with Crippen molar-refractivity contribution in [3.05, 3.63) is 66.4 Å². The minimum absolute atomic E-state index is 0.290. The van der Waals surface area contributed by atoms with Crippen LogP contribution in [-0.4, -0.2) is 27.1 Å². The number of carboxylic acids is 1. The average Bonchev–Trinajstić information content (AvgIpc) is 3.01. The lowest BCUT2D eigenvalue weighted by Crippen LogP contribution is -2.20. The lowest BCUT2D eigenvalue weighted by atomic mass is 10.0. The zero-order chi connectivity index (χ0) is 16.4. The van der Waals surface area contributed by atoms with Gasteiger partial charge in [0.15, 0.2) is 0 Å². The van der Waals surface area contributed by atoms with Gasteiger partial charge in [-0.05, 0) is 23.8 Å². The summed E-state index contributed by atoms with van der Waals surface area (Å²) in [6.45, 7) is 0. The van der Waals surface area contributed by atoms with Gasteiger partial charge in [0.05, 0.1) is 5.92 Å². The van der Waals surface area contributed by atoms with Crippen molar-refractivity contribution in [1.82, 2.24) is 4.98 Å². The molecule has 0 aliphatic heterocycles. The first-order valence-corrected chi connectivity index (χ1v) is 9.00. The van der Waals surface area contributed by atoms with Crippen LogP contribution >= 0.6 is 7.37 Å². The summed E-state index contributed by atoms with van der Waals surface area (Å²) in [5, 5.41) is 10.4. The monoisotopic (exact) mass is 329 g/mol. The molecule has 1 heterocycles. The highest BCUT2D eigenvalue weighted by molar-refractivity contribution is 7.66. The van der Waals surface area contributed by atoms with Crippen LogP contribution in [0.3, 0.4) is 0 Å². The van der Waals surface area contributed by atoms with Crippen LogP contribution in [0.15, 0.2) is 60.8 Å². The predicted octanol–water partition coefficient (Wildman–Crippen LogP) is 2.93. The Bertz CT molecular complexity index is 888. The maximum Gasteiger partial charge on any atom is 0.311 e. The predicted molar refractivity (Wildman–Crippen MR) is 89.4 cm³/mol. The number of hydrogen-bond donors (Lipinski definition) is 3. The number of benzene rings is 2. The molecule has 23 heavy (non-hydrogen) atoms. The number of H-pyrrole nitrogens is 1. The lowest BCUT2D eigenvalue weighted by Gasteiger charge is -2.18. The molecule has 0 amide bonds. The van der Waals surface area contributed by atoms with Crippen LogP contribution in [0, 0.1) is 0 Å². The fraction of sp³-hybridized carbons (Fsp3) is 0.118. The number of fused-ring (bicyclic) bond motifs is 1. The van der Waals surface area contributed by atoms with Crippen molar-refractivity contribution in [3.63, 3.8) is 0 Å². The Kier molecular flexibility index (Phi) is 4.07. The molecule has 0 aliphatic rings. The third kappa shape index (κ3) is 3.07. The minimum Gasteiger partial charge on any atom is -0.481 e. The van der Waals surface area contributed by atoms with Crippen molar-refractivity contribution in [2.45, 2.75) is 5.92 Å². The van der Waals surface area contributed by atoms with Crippen molar-refractivity contribution >= 4 is 29.5 Å². The summed E-state index contributed by atoms with van der Waals surface area (Å²) in [6.07, 6.45) is 1.36. The van der Waals surface area contributed by atoms with Crippen LogP contribution < -0.4 is 5.30 Å². The Morgan fingerprint density at radius 3 is 2.52 bits per heavy atom. The Balaban J connectivity index is 2.01. The molecule has 3 aromatic rings. The first-order chi connectivity index (χ1) is 11.0. The van der Waals surface area contributed by atoms with E-state index in [0.29, 0.717) is 16.3 Å². The lowest BCUT2D eigenvalue weighted by molar-refractivity contribution is -0.138. The largest absolute Gasteiger partial charge is 0.481 e. The number of aromatic nitrogens is 1. The molecule has 1 aromatic heterocycles. The molecular formula is C17H16NO4P. The molecule has 0 saturated heterocycles. The highest BCUT2D eigenvalue weighted by Gasteiger charge is 2.32. The third-order valence-corrected chi connectivity index (χ3v) is 5.88. The highest BCUT2D eigenvalue weighted by Crippen LogP contribution is 2.45. The third-order valence-electron chi connectivity index (χ3n) is 3.88. The van der Waals surface area contributed by atoms with Crippen LogP contribution in [0.4, 0.5) is 0 Å². The molecule has 2 aromatic carbocycles. The molecule has 0 spiro atoms. The van der Waals surface area contributed by atoms with Crippen LogP contribution in [-0.2, 0) is 9.36 Å². The molecule has 0 bridgehead atoms. The number of aliphatic carboxylic acids is 1. The quantitative estimate of drug-likeness (QED) is 0.628. The van der Waals surface area contributed by atoms with Crippen molar-refractivity contribution in [2.75, 3.05) is 6.16 Å². The number of hydrogen-bond acceptors (Lipinski definition) is 2. The standard InChI is InChI=1S/C17H16NO4P/c19-17(20)14(12-5-2-1-3-6-12)11-23(21,22)16-8-4-7-15-13(16)9-10-18-15/h1-10,14,18H,11H2,(H,19,20)(H,21,22). The Hall–Kier alpha value is -2.36. The van der Waals surface area contributed by atoms with E-state index in [4.69, 9.17) is 0 Å². The Morgan fingerprint density at radius 1 is 1.09 bits per heavy atom. The first kappa shape index (κ1) is 15.5. The van der Waals surface area contributed by atoms with Gasteiger partial charge in [-0.1, -0.05) is 36.4 Å². The molecule has 0 saturated carbocycles. The summed E-state index contributed by atoms with van der Waals surface area (Å²) in [4.78, 5) is 25.1. The second kappa shape index (κ2) is 6.03. The molecule has 2 unspecified atom stereocenters. The van der Waals surface area contributed by atoms with E-state index >= 15 is 0 Å². The van der Waals surface area contributed by atoms with E-state index in [1.807, 2.05) is 6.07 Å². The van der Waals surface area contributed by atoms with Crippen LogP contribution in [0.1, 0.15) is 11.5 Å². The number of rotatable bonds is 5. The first-order valence-electron chi connectivity index (χ1n) is 7.15. The van der Waals surface area contributed by atoms with Gasteiger partial charge >= 0.3 is 5.97 Å². The summed E-state index contributed by atoms with van der Waals surface area (Å²) >= 11 is 0. The van der Waals surface area contributed by atoms with Gasteiger partial charge in [0.25, 0.3) is 0 Å². The number of nitrogens with one attached hydrogen (secondary N) is 1. The minimum atomic E-state index is -3.83. The normalized spacial score (nSPS) is 15.2. The van der Waals surface area contributed by atoms with Crippen LogP contribution in [0.25, 0.3) is 10.9 Å². The van der Waals surface area contributed by atoms with Crippen molar-refractivity contribution < 1.29 is 19.4 Å². The van der Waals surface area contributed by atoms with E-state index in [9.17, 15) is 19.4 Å². The maximum atomic E-state index is 12.9. The molecule has 3 rings (SSSR count). The summed E-state index contributed by atoms with van der Waals surface area (Å²) in [5.74, 6) is -2.13. The van der Waals surface area contributed by atoms with E-state index in [1.54, 1.807) is 54.7 Å². The Morgan fingerprint density at radius 2 is 1.83 bits per heavy atom. The average molecular weight is 329 g/mol. The Labute approximate surface area is 133 Å². The second-order valence-electron chi connectivity index (χ2n) is 5.40. The molecule has 3 N–H and O–H groups in total. The smallest absolute Gasteiger partial charge is 0.311 e. The fourth-order valence-corrected chi connectivity index (χ4v) is 4.68. The van der Waals surface area contributed by atoms with Gasteiger partial charge in [0.2, 0.25) is 7.37 Å². The summed E-state index contributed by atoms with van der Waals surface area (Å²) in [5.41, 5.74) is 1.28. The van der Waals surface area contributed by atoms with E-state index in [0.717, 1.165) is 5.52 Å². The molecule has 5 nitrogen and oxygen atoms in total. The van der Waals surface area contributed by atoms with Crippen molar-refractivity contribution in [1.29, 1.82) is 0 Å². The van der Waals surface area contributed by atoms with E-state index in [-0.39, 0.29) is 6.16 Å². The van der Waals surface area contributed by atoms with Gasteiger partial charge < -0.3 is 15.0 Å². The number of carboxylic acid groups (broad SMARTS) is 1. The SMILES string of the molecule is O=C(O)C(CP(=O)(O)c1cccc2[nH]ccc12)c1ccccc1. The van der Waals surface area contributed by atoms with E-state index in [2.05, 4.69) is 4.98 Å². The van der Waals surface area contributed by atoms with Gasteiger partial charge in [0, 0.05) is 28.6 Å². The van der Waals surface area contributed by atoms with Crippen molar-refractivity contribution in [3.8, 4) is 0 Å². The molecule has 6 heteroatoms. The molecule has 0 radical (unpaired) electrons. The van der Waals surface area contributed by atoms with E-state index < -0.39 is 19.3 Å². The van der Waals surface area contributed by atoms with Gasteiger partial charge in [-0.15, -0.1) is 0 Å². The number of aromatic amines is 1. The number of carbonyl (C=O) groups is 1. The zero-order valence-corrected chi connectivity index (χ0v) is 13.1. The summed E-state index contributed by atoms with van der Waals surface area (Å²) < 4.78 is 12.9. The fourth-order valence-electron chi connectivity index (χ4n) is 2.73. The topological polar surface area (TPSA) is 90.4 Å². The second-order valence-corrected chi connectivity index (χ2v) is 7.65. The van der Waals surface area contributed by atoms with Gasteiger partial charge in [-0.3, -0.25) is 9.36 Å². The van der Waals surface area contributed by atoms with Crippen LogP contribution in [0.5, 0.6) is 0 Å². The highest BCUT2D eigenvalue weighted by atomic mass is 31.2. The molecule has 2 atom stereocenters. The molecule has 0 aliphatic carbocycles.